The van der Waals surface area contributed by atoms with Gasteiger partial charge in [-0.1, -0.05) is 12.1 Å². The minimum absolute atomic E-state index is 0.305. The SMILES string of the molecule is CCO[C@H]1CC[C@](C)(N2CCC(N3C(=O)CCc4ccc(C)cc43)CC2)CC1. The molecule has 3 aliphatic rings. The van der Waals surface area contributed by atoms with Crippen LogP contribution < -0.4 is 4.90 Å². The van der Waals surface area contributed by atoms with E-state index in [0.29, 0.717) is 30.0 Å². The van der Waals surface area contributed by atoms with Crippen molar-refractivity contribution in [1.82, 2.24) is 4.90 Å². The lowest BCUT2D eigenvalue weighted by atomic mass is 9.79. The van der Waals surface area contributed by atoms with Crippen molar-refractivity contribution in [3.63, 3.8) is 0 Å². The number of aryl methyl sites for hydroxylation is 2. The van der Waals surface area contributed by atoms with Gasteiger partial charge in [0.2, 0.25) is 5.91 Å². The van der Waals surface area contributed by atoms with Crippen LogP contribution in [0.3, 0.4) is 0 Å². The van der Waals surface area contributed by atoms with Crippen molar-refractivity contribution in [2.75, 3.05) is 24.6 Å². The fourth-order valence-electron chi connectivity index (χ4n) is 5.60. The summed E-state index contributed by atoms with van der Waals surface area (Å²) in [5, 5.41) is 0. The van der Waals surface area contributed by atoms with Gasteiger partial charge >= 0.3 is 0 Å². The van der Waals surface area contributed by atoms with Gasteiger partial charge < -0.3 is 9.64 Å². The highest BCUT2D eigenvalue weighted by atomic mass is 16.5. The van der Waals surface area contributed by atoms with Crippen LogP contribution in [-0.4, -0.2) is 48.2 Å². The maximum absolute atomic E-state index is 12.8. The molecule has 1 amide bonds. The van der Waals surface area contributed by atoms with Gasteiger partial charge in [-0.3, -0.25) is 9.69 Å². The summed E-state index contributed by atoms with van der Waals surface area (Å²) in [6.07, 6.45) is 9.01. The number of hydrogen-bond acceptors (Lipinski definition) is 3. The number of fused-ring (bicyclic) bond motifs is 1. The molecule has 0 atom stereocenters. The Balaban J connectivity index is 1.41. The fraction of sp³-hybridized carbons (Fsp3) is 0.708. The largest absolute Gasteiger partial charge is 0.379 e. The van der Waals surface area contributed by atoms with Crippen LogP contribution in [0.1, 0.15) is 69.9 Å². The van der Waals surface area contributed by atoms with Gasteiger partial charge in [0.1, 0.15) is 0 Å². The summed E-state index contributed by atoms with van der Waals surface area (Å²) in [4.78, 5) is 17.7. The molecule has 1 saturated heterocycles. The first-order valence-electron chi connectivity index (χ1n) is 11.3. The fourth-order valence-corrected chi connectivity index (χ4v) is 5.60. The highest BCUT2D eigenvalue weighted by Crippen LogP contribution is 2.38. The first kappa shape index (κ1) is 19.9. The number of benzene rings is 1. The van der Waals surface area contributed by atoms with Crippen molar-refractivity contribution in [2.45, 2.75) is 89.8 Å². The molecule has 0 unspecified atom stereocenters. The van der Waals surface area contributed by atoms with E-state index in [1.165, 1.54) is 42.5 Å². The van der Waals surface area contributed by atoms with E-state index >= 15 is 0 Å². The van der Waals surface area contributed by atoms with Crippen molar-refractivity contribution >= 4 is 11.6 Å². The second-order valence-corrected chi connectivity index (χ2v) is 9.27. The molecule has 2 fully saturated rings. The number of carbonyl (C=O) groups is 1. The predicted molar refractivity (Wildman–Crippen MR) is 114 cm³/mol. The summed E-state index contributed by atoms with van der Waals surface area (Å²) in [5.74, 6) is 0.319. The summed E-state index contributed by atoms with van der Waals surface area (Å²) in [7, 11) is 0. The number of likely N-dealkylation sites (tertiary alicyclic amines) is 1. The highest BCUT2D eigenvalue weighted by Gasteiger charge is 2.40. The number of anilines is 1. The first-order valence-corrected chi connectivity index (χ1v) is 11.3. The van der Waals surface area contributed by atoms with E-state index in [1.807, 2.05) is 0 Å². The van der Waals surface area contributed by atoms with Gasteiger partial charge in [-0.05, 0) is 82.9 Å². The van der Waals surface area contributed by atoms with Crippen LogP contribution in [0.4, 0.5) is 5.69 Å². The maximum atomic E-state index is 12.8. The van der Waals surface area contributed by atoms with E-state index in [9.17, 15) is 4.79 Å². The van der Waals surface area contributed by atoms with Crippen LogP contribution in [0, 0.1) is 6.92 Å². The van der Waals surface area contributed by atoms with E-state index in [0.717, 1.165) is 39.0 Å². The lowest BCUT2D eigenvalue weighted by Crippen LogP contribution is -2.56. The van der Waals surface area contributed by atoms with Gasteiger partial charge in [0.25, 0.3) is 0 Å². The van der Waals surface area contributed by atoms with E-state index in [2.05, 4.69) is 48.8 Å². The lowest BCUT2D eigenvalue weighted by molar-refractivity contribution is -0.119. The van der Waals surface area contributed by atoms with Crippen LogP contribution in [0.5, 0.6) is 0 Å². The number of ether oxygens (including phenoxy) is 1. The quantitative estimate of drug-likeness (QED) is 0.767. The summed E-state index contributed by atoms with van der Waals surface area (Å²) < 4.78 is 5.85. The third kappa shape index (κ3) is 3.86. The van der Waals surface area contributed by atoms with Crippen LogP contribution >= 0.6 is 0 Å². The zero-order valence-corrected chi connectivity index (χ0v) is 17.9. The average Bonchev–Trinajstić information content (AvgIpc) is 2.70. The molecule has 28 heavy (non-hydrogen) atoms. The van der Waals surface area contributed by atoms with E-state index in [-0.39, 0.29) is 0 Å². The number of carbonyl (C=O) groups excluding carboxylic acids is 1. The molecule has 2 aliphatic heterocycles. The number of nitrogens with zero attached hydrogens (tertiary/aromatic N) is 2. The Morgan fingerprint density at radius 3 is 2.50 bits per heavy atom. The molecular formula is C24H36N2O2. The number of rotatable bonds is 4. The molecule has 0 aromatic heterocycles. The van der Waals surface area contributed by atoms with Gasteiger partial charge in [0.05, 0.1) is 6.10 Å². The molecule has 0 bridgehead atoms. The Morgan fingerprint density at radius 2 is 1.82 bits per heavy atom. The van der Waals surface area contributed by atoms with E-state index < -0.39 is 0 Å². The number of hydrogen-bond donors (Lipinski definition) is 0. The predicted octanol–water partition coefficient (Wildman–Crippen LogP) is 4.48. The van der Waals surface area contributed by atoms with Crippen LogP contribution in [0.15, 0.2) is 18.2 Å². The van der Waals surface area contributed by atoms with E-state index in [1.54, 1.807) is 0 Å². The Morgan fingerprint density at radius 1 is 1.11 bits per heavy atom. The summed E-state index contributed by atoms with van der Waals surface area (Å²) in [6, 6.07) is 6.97. The zero-order chi connectivity index (χ0) is 19.7. The molecule has 1 aromatic rings. The molecule has 4 heteroatoms. The summed E-state index contributed by atoms with van der Waals surface area (Å²) in [5.41, 5.74) is 4.07. The molecule has 0 N–H and O–H groups in total. The van der Waals surface area contributed by atoms with Crippen molar-refractivity contribution in [3.8, 4) is 0 Å². The average molecular weight is 385 g/mol. The van der Waals surface area contributed by atoms with Crippen molar-refractivity contribution in [1.29, 1.82) is 0 Å². The van der Waals surface area contributed by atoms with Gasteiger partial charge in [-0.25, -0.2) is 0 Å². The molecule has 2 heterocycles. The normalized spacial score (nSPS) is 29.8. The summed E-state index contributed by atoms with van der Waals surface area (Å²) in [6.45, 7) is 9.70. The monoisotopic (exact) mass is 384 g/mol. The molecular weight excluding hydrogens is 348 g/mol. The summed E-state index contributed by atoms with van der Waals surface area (Å²) >= 11 is 0. The third-order valence-electron chi connectivity index (χ3n) is 7.38. The van der Waals surface area contributed by atoms with Crippen LogP contribution in [0.2, 0.25) is 0 Å². The minimum atomic E-state index is 0.305. The topological polar surface area (TPSA) is 32.8 Å². The standard InChI is InChI=1S/C24H36N2O2/c1-4-28-21-9-13-24(3,14-10-21)25-15-11-20(12-16-25)26-22-17-18(2)5-6-19(22)7-8-23(26)27/h5-6,17,20-21H,4,7-16H2,1-3H3/t21-,24-. The van der Waals surface area contributed by atoms with Gasteiger partial charge in [-0.2, -0.15) is 0 Å². The molecule has 4 rings (SSSR count). The van der Waals surface area contributed by atoms with Crippen molar-refractivity contribution in [2.24, 2.45) is 0 Å². The minimum Gasteiger partial charge on any atom is -0.379 e. The highest BCUT2D eigenvalue weighted by molar-refractivity contribution is 5.97. The zero-order valence-electron chi connectivity index (χ0n) is 17.9. The second kappa shape index (κ2) is 8.16. The van der Waals surface area contributed by atoms with E-state index in [4.69, 9.17) is 4.74 Å². The van der Waals surface area contributed by atoms with Crippen LogP contribution in [-0.2, 0) is 16.0 Å². The second-order valence-electron chi connectivity index (χ2n) is 9.27. The lowest BCUT2D eigenvalue weighted by Gasteiger charge is -2.50. The molecule has 4 nitrogen and oxygen atoms in total. The number of piperidine rings is 1. The third-order valence-corrected chi connectivity index (χ3v) is 7.38. The van der Waals surface area contributed by atoms with Crippen molar-refractivity contribution in [3.05, 3.63) is 29.3 Å². The van der Waals surface area contributed by atoms with Gasteiger partial charge in [-0.15, -0.1) is 0 Å². The van der Waals surface area contributed by atoms with Crippen molar-refractivity contribution < 1.29 is 9.53 Å². The molecule has 0 spiro atoms. The van der Waals surface area contributed by atoms with Gasteiger partial charge in [0.15, 0.2) is 0 Å². The molecule has 1 saturated carbocycles. The molecule has 0 radical (unpaired) electrons. The molecule has 1 aromatic carbocycles. The van der Waals surface area contributed by atoms with Gasteiger partial charge in [0, 0.05) is 43.4 Å². The Labute approximate surface area is 170 Å². The Hall–Kier alpha value is -1.39. The Bertz CT molecular complexity index is 701. The van der Waals surface area contributed by atoms with Crippen LogP contribution in [0.25, 0.3) is 0 Å². The maximum Gasteiger partial charge on any atom is 0.227 e. The molecule has 154 valence electrons. The molecule has 1 aliphatic carbocycles. The number of amides is 1. The first-order chi connectivity index (χ1) is 13.5. The Kier molecular flexibility index (Phi) is 5.80. The smallest absolute Gasteiger partial charge is 0.227 e.